The van der Waals surface area contributed by atoms with Crippen LogP contribution >= 0.6 is 0 Å². The molecule has 1 aliphatic rings. The van der Waals surface area contributed by atoms with Crippen molar-refractivity contribution in [3.8, 4) is 0 Å². The molecule has 0 aromatic heterocycles. The Morgan fingerprint density at radius 3 is 2.28 bits per heavy atom. The number of anilines is 2. The van der Waals surface area contributed by atoms with Crippen LogP contribution in [0.2, 0.25) is 0 Å². The highest BCUT2D eigenvalue weighted by Crippen LogP contribution is 2.23. The van der Waals surface area contributed by atoms with E-state index in [1.54, 1.807) is 0 Å². The smallest absolute Gasteiger partial charge is 0.0367 e. The molecule has 0 radical (unpaired) electrons. The number of rotatable bonds is 5. The van der Waals surface area contributed by atoms with Crippen molar-refractivity contribution in [2.75, 3.05) is 23.3 Å². The van der Waals surface area contributed by atoms with Gasteiger partial charge in [-0.05, 0) is 49.9 Å². The Balaban J connectivity index is 1.94. The Morgan fingerprint density at radius 2 is 1.72 bits per heavy atom. The summed E-state index contributed by atoms with van der Waals surface area (Å²) >= 11 is 0. The second kappa shape index (κ2) is 6.12. The first-order chi connectivity index (χ1) is 8.70. The molecule has 0 bridgehead atoms. The third-order valence-corrected chi connectivity index (χ3v) is 4.23. The molecule has 0 saturated carbocycles. The average Bonchev–Trinajstić information content (AvgIpc) is 2.92. The molecule has 2 rings (SSSR count). The van der Waals surface area contributed by atoms with Crippen LogP contribution < -0.4 is 10.2 Å². The van der Waals surface area contributed by atoms with E-state index in [4.69, 9.17) is 0 Å². The molecule has 2 heteroatoms. The molecule has 100 valence electrons. The normalized spacial score (nSPS) is 18.7. The van der Waals surface area contributed by atoms with Crippen LogP contribution in [-0.2, 0) is 0 Å². The van der Waals surface area contributed by atoms with Crippen molar-refractivity contribution >= 4 is 11.4 Å². The Hall–Kier alpha value is -1.18. The van der Waals surface area contributed by atoms with Crippen LogP contribution in [0.25, 0.3) is 0 Å². The lowest BCUT2D eigenvalue weighted by atomic mass is 10.0. The molecule has 2 atom stereocenters. The molecule has 1 aromatic rings. The molecule has 2 nitrogen and oxygen atoms in total. The van der Waals surface area contributed by atoms with Crippen molar-refractivity contribution in [1.82, 2.24) is 0 Å². The van der Waals surface area contributed by atoms with E-state index < -0.39 is 0 Å². The highest BCUT2D eigenvalue weighted by atomic mass is 15.1. The molecule has 1 fully saturated rings. The van der Waals surface area contributed by atoms with Gasteiger partial charge in [0.2, 0.25) is 0 Å². The fourth-order valence-corrected chi connectivity index (χ4v) is 2.50. The van der Waals surface area contributed by atoms with Gasteiger partial charge in [0, 0.05) is 30.5 Å². The van der Waals surface area contributed by atoms with Gasteiger partial charge < -0.3 is 10.2 Å². The number of hydrogen-bond donors (Lipinski definition) is 1. The predicted molar refractivity (Wildman–Crippen MR) is 80.4 cm³/mol. The monoisotopic (exact) mass is 246 g/mol. The van der Waals surface area contributed by atoms with Gasteiger partial charge in [-0.15, -0.1) is 0 Å². The van der Waals surface area contributed by atoms with Crippen molar-refractivity contribution in [1.29, 1.82) is 0 Å². The van der Waals surface area contributed by atoms with Crippen LogP contribution in [0.15, 0.2) is 24.3 Å². The lowest BCUT2D eigenvalue weighted by molar-refractivity contribution is 0.494. The number of nitrogens with zero attached hydrogens (tertiary/aromatic N) is 1. The van der Waals surface area contributed by atoms with Crippen molar-refractivity contribution in [2.24, 2.45) is 5.92 Å². The zero-order chi connectivity index (χ0) is 13.0. The first-order valence-electron chi connectivity index (χ1n) is 7.32. The molecule has 1 heterocycles. The Kier molecular flexibility index (Phi) is 4.51. The van der Waals surface area contributed by atoms with E-state index in [0.717, 1.165) is 0 Å². The van der Waals surface area contributed by atoms with Crippen LogP contribution in [-0.4, -0.2) is 19.1 Å². The fraction of sp³-hybridized carbons (Fsp3) is 0.625. The summed E-state index contributed by atoms with van der Waals surface area (Å²) < 4.78 is 0. The minimum Gasteiger partial charge on any atom is -0.382 e. The van der Waals surface area contributed by atoms with Gasteiger partial charge in [0.25, 0.3) is 0 Å². The van der Waals surface area contributed by atoms with Gasteiger partial charge in [-0.3, -0.25) is 0 Å². The summed E-state index contributed by atoms with van der Waals surface area (Å²) in [5, 5.41) is 3.59. The summed E-state index contributed by atoms with van der Waals surface area (Å²) in [6.07, 6.45) is 3.90. The van der Waals surface area contributed by atoms with Crippen molar-refractivity contribution in [2.45, 2.75) is 46.1 Å². The van der Waals surface area contributed by atoms with E-state index in [1.807, 2.05) is 0 Å². The van der Waals surface area contributed by atoms with Crippen LogP contribution in [0.4, 0.5) is 11.4 Å². The highest BCUT2D eigenvalue weighted by molar-refractivity contribution is 5.55. The standard InChI is InChI=1S/C16H26N2/c1-4-13(2)14(3)17-15-7-9-16(10-8-15)18-11-5-6-12-18/h7-10,13-14,17H,4-6,11-12H2,1-3H3. The van der Waals surface area contributed by atoms with E-state index in [2.05, 4.69) is 55.3 Å². The maximum Gasteiger partial charge on any atom is 0.0367 e. The molecule has 0 aliphatic carbocycles. The molecular weight excluding hydrogens is 220 g/mol. The lowest BCUT2D eigenvalue weighted by Crippen LogP contribution is -2.23. The number of nitrogens with one attached hydrogen (secondary N) is 1. The molecule has 18 heavy (non-hydrogen) atoms. The topological polar surface area (TPSA) is 15.3 Å². The maximum absolute atomic E-state index is 3.59. The van der Waals surface area contributed by atoms with Crippen LogP contribution in [0.5, 0.6) is 0 Å². The van der Waals surface area contributed by atoms with E-state index in [9.17, 15) is 0 Å². The second-order valence-electron chi connectivity index (χ2n) is 5.56. The molecule has 1 aliphatic heterocycles. The second-order valence-corrected chi connectivity index (χ2v) is 5.56. The minimum atomic E-state index is 0.535. The van der Waals surface area contributed by atoms with Crippen molar-refractivity contribution in [3.63, 3.8) is 0 Å². The molecule has 0 amide bonds. The summed E-state index contributed by atoms with van der Waals surface area (Å²) in [6, 6.07) is 9.46. The Labute approximate surface area is 111 Å². The highest BCUT2D eigenvalue weighted by Gasteiger charge is 2.13. The van der Waals surface area contributed by atoms with Gasteiger partial charge in [-0.1, -0.05) is 20.3 Å². The summed E-state index contributed by atoms with van der Waals surface area (Å²) in [4.78, 5) is 2.47. The van der Waals surface area contributed by atoms with Gasteiger partial charge >= 0.3 is 0 Å². The third kappa shape index (κ3) is 3.18. The zero-order valence-corrected chi connectivity index (χ0v) is 11.9. The largest absolute Gasteiger partial charge is 0.382 e. The molecular formula is C16H26N2. The van der Waals surface area contributed by atoms with Gasteiger partial charge in [0.1, 0.15) is 0 Å². The molecule has 2 unspecified atom stereocenters. The van der Waals surface area contributed by atoms with E-state index >= 15 is 0 Å². The van der Waals surface area contributed by atoms with E-state index in [-0.39, 0.29) is 0 Å². The van der Waals surface area contributed by atoms with Crippen LogP contribution in [0.1, 0.15) is 40.0 Å². The molecule has 0 spiro atoms. The summed E-state index contributed by atoms with van der Waals surface area (Å²) in [7, 11) is 0. The number of benzene rings is 1. The average molecular weight is 246 g/mol. The van der Waals surface area contributed by atoms with Gasteiger partial charge in [0.05, 0.1) is 0 Å². The van der Waals surface area contributed by atoms with Crippen molar-refractivity contribution in [3.05, 3.63) is 24.3 Å². The summed E-state index contributed by atoms with van der Waals surface area (Å²) in [5.41, 5.74) is 2.61. The van der Waals surface area contributed by atoms with Crippen molar-refractivity contribution < 1.29 is 0 Å². The van der Waals surface area contributed by atoms with Crippen LogP contribution in [0.3, 0.4) is 0 Å². The first kappa shape index (κ1) is 13.3. The van der Waals surface area contributed by atoms with Gasteiger partial charge in [-0.2, -0.15) is 0 Å². The quantitative estimate of drug-likeness (QED) is 0.840. The SMILES string of the molecule is CCC(C)C(C)Nc1ccc(N2CCCC2)cc1. The van der Waals surface area contributed by atoms with Gasteiger partial charge in [0.15, 0.2) is 0 Å². The van der Waals surface area contributed by atoms with Crippen LogP contribution in [0, 0.1) is 5.92 Å². The molecule has 1 saturated heterocycles. The van der Waals surface area contributed by atoms with E-state index in [0.29, 0.717) is 12.0 Å². The Morgan fingerprint density at radius 1 is 1.11 bits per heavy atom. The minimum absolute atomic E-state index is 0.535. The Bertz CT molecular complexity index is 352. The first-order valence-corrected chi connectivity index (χ1v) is 7.32. The molecule has 1 N–H and O–H groups in total. The fourth-order valence-electron chi connectivity index (χ4n) is 2.50. The summed E-state index contributed by atoms with van der Waals surface area (Å²) in [5.74, 6) is 0.711. The zero-order valence-electron chi connectivity index (χ0n) is 11.9. The third-order valence-electron chi connectivity index (χ3n) is 4.23. The predicted octanol–water partition coefficient (Wildman–Crippen LogP) is 4.13. The maximum atomic E-state index is 3.59. The summed E-state index contributed by atoms with van der Waals surface area (Å²) in [6.45, 7) is 9.25. The van der Waals surface area contributed by atoms with Gasteiger partial charge in [-0.25, -0.2) is 0 Å². The van der Waals surface area contributed by atoms with E-state index in [1.165, 1.54) is 43.7 Å². The number of hydrogen-bond acceptors (Lipinski definition) is 2. The lowest BCUT2D eigenvalue weighted by Gasteiger charge is -2.22. The molecule has 1 aromatic carbocycles.